The maximum atomic E-state index is 12.7. The lowest BCUT2D eigenvalue weighted by Crippen LogP contribution is -2.54. The molecule has 3 rings (SSSR count). The molecular weight excluding hydrogens is 342 g/mol. The third-order valence-electron chi connectivity index (χ3n) is 4.70. The van der Waals surface area contributed by atoms with E-state index in [-0.39, 0.29) is 24.4 Å². The number of fused-ring (bicyclic) bond motifs is 1. The van der Waals surface area contributed by atoms with Crippen molar-refractivity contribution in [2.45, 2.75) is 26.0 Å². The highest BCUT2D eigenvalue weighted by atomic mass is 35.5. The standard InChI is InChI=1S/C18H27N3O3.ClH/c1-3-20(18(22)12-21-9-8-19-10-14(21)2)11-15-13-23-16-6-4-5-7-17(16)24-15;/h4-7,14-15,19H,3,8-13H2,1-2H3;1H/t14-,15?;/m1./s1. The van der Waals surface area contributed by atoms with Gasteiger partial charge in [-0.2, -0.15) is 0 Å². The molecule has 1 amide bonds. The molecule has 1 saturated heterocycles. The largest absolute Gasteiger partial charge is 0.486 e. The Kier molecular flexibility index (Phi) is 7.35. The van der Waals surface area contributed by atoms with Crippen LogP contribution in [0.5, 0.6) is 11.5 Å². The average molecular weight is 370 g/mol. The summed E-state index contributed by atoms with van der Waals surface area (Å²) in [6, 6.07) is 8.06. The molecule has 0 spiro atoms. The molecule has 25 heavy (non-hydrogen) atoms. The highest BCUT2D eigenvalue weighted by Crippen LogP contribution is 2.31. The van der Waals surface area contributed by atoms with E-state index in [0.717, 1.165) is 31.1 Å². The quantitative estimate of drug-likeness (QED) is 0.850. The Morgan fingerprint density at radius 3 is 2.84 bits per heavy atom. The van der Waals surface area contributed by atoms with Crippen molar-refractivity contribution in [1.82, 2.24) is 15.1 Å². The molecule has 0 aliphatic carbocycles. The number of nitrogens with zero attached hydrogens (tertiary/aromatic N) is 2. The number of likely N-dealkylation sites (N-methyl/N-ethyl adjacent to an activating group) is 1. The van der Waals surface area contributed by atoms with Crippen molar-refractivity contribution in [2.75, 3.05) is 45.9 Å². The molecule has 2 atom stereocenters. The third kappa shape index (κ3) is 5.00. The summed E-state index contributed by atoms with van der Waals surface area (Å²) < 4.78 is 11.7. The van der Waals surface area contributed by atoms with Gasteiger partial charge in [0.1, 0.15) is 6.61 Å². The van der Waals surface area contributed by atoms with E-state index in [0.29, 0.717) is 32.3 Å². The van der Waals surface area contributed by atoms with E-state index in [9.17, 15) is 4.79 Å². The Morgan fingerprint density at radius 2 is 2.12 bits per heavy atom. The minimum atomic E-state index is -0.121. The molecule has 6 nitrogen and oxygen atoms in total. The molecule has 0 radical (unpaired) electrons. The van der Waals surface area contributed by atoms with Crippen LogP contribution < -0.4 is 14.8 Å². The summed E-state index contributed by atoms with van der Waals surface area (Å²) in [5, 5.41) is 3.35. The zero-order valence-corrected chi connectivity index (χ0v) is 15.8. The molecule has 2 heterocycles. The summed E-state index contributed by atoms with van der Waals surface area (Å²) in [7, 11) is 0. The van der Waals surface area contributed by atoms with Gasteiger partial charge in [0.05, 0.1) is 13.1 Å². The van der Waals surface area contributed by atoms with Crippen molar-refractivity contribution < 1.29 is 14.3 Å². The smallest absolute Gasteiger partial charge is 0.236 e. The van der Waals surface area contributed by atoms with Crippen LogP contribution >= 0.6 is 12.4 Å². The van der Waals surface area contributed by atoms with Gasteiger partial charge in [-0.15, -0.1) is 12.4 Å². The molecule has 1 fully saturated rings. The maximum absolute atomic E-state index is 12.7. The molecule has 1 aromatic carbocycles. The molecule has 0 bridgehead atoms. The number of nitrogens with one attached hydrogen (secondary N) is 1. The van der Waals surface area contributed by atoms with Crippen molar-refractivity contribution in [3.8, 4) is 11.5 Å². The number of hydrogen-bond acceptors (Lipinski definition) is 5. The van der Waals surface area contributed by atoms with Gasteiger partial charge in [0, 0.05) is 32.2 Å². The number of ether oxygens (including phenoxy) is 2. The second-order valence-corrected chi connectivity index (χ2v) is 6.45. The minimum absolute atomic E-state index is 0. The Hall–Kier alpha value is -1.50. The van der Waals surface area contributed by atoms with Crippen molar-refractivity contribution in [2.24, 2.45) is 0 Å². The van der Waals surface area contributed by atoms with E-state index >= 15 is 0 Å². The Bertz CT molecular complexity index is 572. The van der Waals surface area contributed by atoms with E-state index in [1.54, 1.807) is 0 Å². The number of halogens is 1. The van der Waals surface area contributed by atoms with Gasteiger partial charge in [-0.3, -0.25) is 9.69 Å². The summed E-state index contributed by atoms with van der Waals surface area (Å²) in [6.07, 6.45) is -0.121. The fraction of sp³-hybridized carbons (Fsp3) is 0.611. The van der Waals surface area contributed by atoms with Crippen LogP contribution in [-0.4, -0.2) is 73.7 Å². The zero-order chi connectivity index (χ0) is 16.9. The fourth-order valence-electron chi connectivity index (χ4n) is 3.20. The second kappa shape index (κ2) is 9.27. The van der Waals surface area contributed by atoms with Crippen LogP contribution in [0.25, 0.3) is 0 Å². The van der Waals surface area contributed by atoms with Crippen LogP contribution in [0, 0.1) is 0 Å². The number of carbonyl (C=O) groups is 1. The molecule has 1 unspecified atom stereocenters. The van der Waals surface area contributed by atoms with Gasteiger partial charge < -0.3 is 19.7 Å². The molecule has 1 N–H and O–H groups in total. The minimum Gasteiger partial charge on any atom is -0.486 e. The Balaban J connectivity index is 0.00000225. The maximum Gasteiger partial charge on any atom is 0.236 e. The second-order valence-electron chi connectivity index (χ2n) is 6.45. The number of benzene rings is 1. The van der Waals surface area contributed by atoms with E-state index in [1.165, 1.54) is 0 Å². The first kappa shape index (κ1) is 19.8. The lowest BCUT2D eigenvalue weighted by Gasteiger charge is -2.36. The summed E-state index contributed by atoms with van der Waals surface area (Å²) >= 11 is 0. The highest BCUT2D eigenvalue weighted by molar-refractivity contribution is 5.85. The van der Waals surface area contributed by atoms with Crippen molar-refractivity contribution >= 4 is 18.3 Å². The number of carbonyl (C=O) groups excluding carboxylic acids is 1. The average Bonchev–Trinajstić information content (AvgIpc) is 2.61. The molecule has 7 heteroatoms. The summed E-state index contributed by atoms with van der Waals surface area (Å²) in [4.78, 5) is 16.8. The number of piperazine rings is 1. The molecular formula is C18H28ClN3O3. The Morgan fingerprint density at radius 1 is 1.36 bits per heavy atom. The molecule has 1 aromatic rings. The van der Waals surface area contributed by atoms with Gasteiger partial charge in [-0.25, -0.2) is 0 Å². The van der Waals surface area contributed by atoms with Crippen LogP contribution in [0.2, 0.25) is 0 Å². The zero-order valence-electron chi connectivity index (χ0n) is 14.9. The van der Waals surface area contributed by atoms with Crippen LogP contribution in [0.1, 0.15) is 13.8 Å². The number of amides is 1. The van der Waals surface area contributed by atoms with Gasteiger partial charge in [-0.1, -0.05) is 12.1 Å². The van der Waals surface area contributed by atoms with Gasteiger partial charge in [0.2, 0.25) is 5.91 Å². The lowest BCUT2D eigenvalue weighted by atomic mass is 10.2. The van der Waals surface area contributed by atoms with E-state index in [1.807, 2.05) is 36.1 Å². The highest BCUT2D eigenvalue weighted by Gasteiger charge is 2.27. The summed E-state index contributed by atoms with van der Waals surface area (Å²) in [5.41, 5.74) is 0. The topological polar surface area (TPSA) is 54.0 Å². The molecule has 0 aromatic heterocycles. The molecule has 0 saturated carbocycles. The van der Waals surface area contributed by atoms with Crippen LogP contribution in [-0.2, 0) is 4.79 Å². The van der Waals surface area contributed by atoms with Gasteiger partial charge in [-0.05, 0) is 26.0 Å². The van der Waals surface area contributed by atoms with Crippen LogP contribution in [0.15, 0.2) is 24.3 Å². The first-order valence-electron chi connectivity index (χ1n) is 8.78. The predicted molar refractivity (Wildman–Crippen MR) is 99.8 cm³/mol. The van der Waals surface area contributed by atoms with Crippen LogP contribution in [0.4, 0.5) is 0 Å². The number of hydrogen-bond donors (Lipinski definition) is 1. The summed E-state index contributed by atoms with van der Waals surface area (Å²) in [6.45, 7) is 9.16. The van der Waals surface area contributed by atoms with E-state index in [4.69, 9.17) is 9.47 Å². The monoisotopic (exact) mass is 369 g/mol. The number of rotatable bonds is 5. The predicted octanol–water partition coefficient (Wildman–Crippen LogP) is 1.39. The van der Waals surface area contributed by atoms with Gasteiger partial charge in [0.15, 0.2) is 17.6 Å². The lowest BCUT2D eigenvalue weighted by molar-refractivity contribution is -0.134. The van der Waals surface area contributed by atoms with E-state index < -0.39 is 0 Å². The van der Waals surface area contributed by atoms with E-state index in [2.05, 4.69) is 17.1 Å². The van der Waals surface area contributed by atoms with Gasteiger partial charge in [0.25, 0.3) is 0 Å². The number of para-hydroxylation sites is 2. The fourth-order valence-corrected chi connectivity index (χ4v) is 3.20. The first-order valence-corrected chi connectivity index (χ1v) is 8.78. The van der Waals surface area contributed by atoms with Crippen molar-refractivity contribution in [3.05, 3.63) is 24.3 Å². The Labute approximate surface area is 155 Å². The third-order valence-corrected chi connectivity index (χ3v) is 4.70. The normalized spacial score (nSPS) is 22.8. The molecule has 2 aliphatic heterocycles. The van der Waals surface area contributed by atoms with Crippen LogP contribution in [0.3, 0.4) is 0 Å². The van der Waals surface area contributed by atoms with Crippen molar-refractivity contribution in [1.29, 1.82) is 0 Å². The summed E-state index contributed by atoms with van der Waals surface area (Å²) in [5.74, 6) is 1.69. The SMILES string of the molecule is CCN(CC1COc2ccccc2O1)C(=O)CN1CCNC[C@H]1C.Cl. The molecule has 2 aliphatic rings. The van der Waals surface area contributed by atoms with Crippen molar-refractivity contribution in [3.63, 3.8) is 0 Å². The first-order chi connectivity index (χ1) is 11.7. The molecule has 140 valence electrons. The van der Waals surface area contributed by atoms with Gasteiger partial charge >= 0.3 is 0 Å².